The minimum atomic E-state index is 0.125. The summed E-state index contributed by atoms with van der Waals surface area (Å²) in [7, 11) is 0. The summed E-state index contributed by atoms with van der Waals surface area (Å²) in [4.78, 5) is 2.37. The molecule has 2 aromatic carbocycles. The largest absolute Gasteiger partial charge is 0.365 e. The monoisotopic (exact) mass is 569 g/mol. The molecule has 0 aliphatic carbocycles. The molecule has 3 nitrogen and oxygen atoms in total. The molecule has 2 aliphatic rings. The van der Waals surface area contributed by atoms with E-state index >= 15 is 0 Å². The van der Waals surface area contributed by atoms with Crippen molar-refractivity contribution >= 4 is 22.6 Å². The molecule has 2 aliphatic heterocycles. The number of halogens is 1. The number of alkyl halides is 1. The first-order valence-corrected chi connectivity index (χ1v) is 13.8. The van der Waals surface area contributed by atoms with Crippen molar-refractivity contribution < 1.29 is 0 Å². The molecule has 182 valence electrons. The van der Waals surface area contributed by atoms with Gasteiger partial charge in [-0.15, -0.1) is 0 Å². The molecule has 0 spiro atoms. The molecular formula is C30H40IN3. The second kappa shape index (κ2) is 10.4. The van der Waals surface area contributed by atoms with Crippen LogP contribution in [0.25, 0.3) is 0 Å². The fraction of sp³-hybridized carbons (Fsp3) is 0.467. The lowest BCUT2D eigenvalue weighted by Crippen LogP contribution is -2.48. The molecule has 4 rings (SSSR count). The summed E-state index contributed by atoms with van der Waals surface area (Å²) in [6.07, 6.45) is 5.21. The Morgan fingerprint density at radius 2 is 1.85 bits per heavy atom. The zero-order valence-corrected chi connectivity index (χ0v) is 23.5. The van der Waals surface area contributed by atoms with E-state index in [1.165, 1.54) is 39.1 Å². The fourth-order valence-electron chi connectivity index (χ4n) is 5.79. The second-order valence-corrected chi connectivity index (χ2v) is 13.1. The van der Waals surface area contributed by atoms with Crippen LogP contribution in [-0.2, 0) is 16.3 Å². The highest BCUT2D eigenvalue weighted by Gasteiger charge is 2.32. The quantitative estimate of drug-likeness (QED) is 0.293. The number of aryl methyl sites for hydroxylation is 1. The van der Waals surface area contributed by atoms with Crippen molar-refractivity contribution in [2.24, 2.45) is 0 Å². The summed E-state index contributed by atoms with van der Waals surface area (Å²) < 4.78 is 0.125. The Hall–Kier alpha value is -1.79. The number of hydrogen-bond donors (Lipinski definition) is 2. The van der Waals surface area contributed by atoms with Crippen LogP contribution in [0.3, 0.4) is 0 Å². The molecule has 2 fully saturated rings. The van der Waals surface area contributed by atoms with E-state index in [1.54, 1.807) is 0 Å². The maximum absolute atomic E-state index is 4.49. The molecule has 2 heterocycles. The lowest BCUT2D eigenvalue weighted by Gasteiger charge is -2.44. The van der Waals surface area contributed by atoms with Crippen molar-refractivity contribution in [1.29, 1.82) is 0 Å². The first-order chi connectivity index (χ1) is 16.2. The zero-order valence-electron chi connectivity index (χ0n) is 21.3. The zero-order chi connectivity index (χ0) is 24.5. The Morgan fingerprint density at radius 1 is 1.12 bits per heavy atom. The van der Waals surface area contributed by atoms with Gasteiger partial charge in [0.2, 0.25) is 0 Å². The molecule has 2 aromatic rings. The maximum Gasteiger partial charge on any atom is 0.0988 e. The number of piperidine rings is 1. The van der Waals surface area contributed by atoms with Gasteiger partial charge in [-0.1, -0.05) is 79.1 Å². The lowest BCUT2D eigenvalue weighted by atomic mass is 9.87. The van der Waals surface area contributed by atoms with Crippen LogP contribution < -0.4 is 10.6 Å². The second-order valence-electron chi connectivity index (χ2n) is 10.4. The smallest absolute Gasteiger partial charge is 0.0988 e. The van der Waals surface area contributed by atoms with E-state index in [1.807, 2.05) is 0 Å². The number of hydrogen-bond acceptors (Lipinski definition) is 3. The molecule has 0 aromatic heterocycles. The Kier molecular flexibility index (Phi) is 7.78. The third kappa shape index (κ3) is 5.38. The van der Waals surface area contributed by atoms with E-state index in [2.05, 4.69) is 115 Å². The summed E-state index contributed by atoms with van der Waals surface area (Å²) in [5.74, 6) is 1.01. The summed E-state index contributed by atoms with van der Waals surface area (Å²) in [6.45, 7) is 20.1. The highest BCUT2D eigenvalue weighted by Crippen LogP contribution is 2.37. The van der Waals surface area contributed by atoms with Gasteiger partial charge in [-0.05, 0) is 92.9 Å². The predicted octanol–water partition coefficient (Wildman–Crippen LogP) is 6.89. The van der Waals surface area contributed by atoms with E-state index in [-0.39, 0.29) is 9.46 Å². The van der Waals surface area contributed by atoms with Crippen LogP contribution in [0.5, 0.6) is 0 Å². The summed E-state index contributed by atoms with van der Waals surface area (Å²) in [6, 6.07) is 14.6. The van der Waals surface area contributed by atoms with Gasteiger partial charge < -0.3 is 15.5 Å². The van der Waals surface area contributed by atoms with Crippen LogP contribution in [-0.4, -0.2) is 24.0 Å². The van der Waals surface area contributed by atoms with Gasteiger partial charge in [0.1, 0.15) is 0 Å². The van der Waals surface area contributed by atoms with Crippen LogP contribution in [0, 0.1) is 6.92 Å². The van der Waals surface area contributed by atoms with E-state index in [0.29, 0.717) is 6.04 Å². The van der Waals surface area contributed by atoms with Crippen LogP contribution >= 0.6 is 22.6 Å². The third-order valence-corrected chi connectivity index (χ3v) is 8.04. The maximum atomic E-state index is 4.49. The van der Waals surface area contributed by atoms with Crippen LogP contribution in [0.1, 0.15) is 79.5 Å². The van der Waals surface area contributed by atoms with Crippen LogP contribution in [0.15, 0.2) is 61.1 Å². The van der Waals surface area contributed by atoms with Crippen molar-refractivity contribution in [3.63, 3.8) is 0 Å². The molecule has 1 atom stereocenters. The van der Waals surface area contributed by atoms with Crippen molar-refractivity contribution in [1.82, 2.24) is 15.5 Å². The van der Waals surface area contributed by atoms with Crippen molar-refractivity contribution in [3.8, 4) is 0 Å². The van der Waals surface area contributed by atoms with Gasteiger partial charge in [-0.25, -0.2) is 0 Å². The fourth-order valence-corrected chi connectivity index (χ4v) is 6.38. The lowest BCUT2D eigenvalue weighted by molar-refractivity contribution is 0.203. The SMILES string of the molecule is C=C1CC(c2cccc(Cc3ccc(C)c(C(C)(C)I)c3)c2CC)NC(=C)N1C1CCNCC1. The molecular weight excluding hydrogens is 529 g/mol. The minimum Gasteiger partial charge on any atom is -0.365 e. The standard InChI is InChI=1S/C30H40IN3/c1-7-26-24(18-23-12-11-20(2)28(19-23)30(5,6)31)9-8-10-27(26)29-17-21(3)34(22(4)33-29)25-13-15-32-16-14-25/h8-12,19,25,29,32-33H,3-4,7,13-18H2,1-2,5-6H3. The normalized spacial score (nSPS) is 19.9. The van der Waals surface area contributed by atoms with Gasteiger partial charge >= 0.3 is 0 Å². The van der Waals surface area contributed by atoms with Crippen LogP contribution in [0.2, 0.25) is 0 Å². The van der Waals surface area contributed by atoms with Crippen molar-refractivity contribution in [2.45, 2.75) is 75.3 Å². The van der Waals surface area contributed by atoms with E-state index in [0.717, 1.165) is 51.0 Å². The molecule has 34 heavy (non-hydrogen) atoms. The third-order valence-electron chi connectivity index (χ3n) is 7.46. The summed E-state index contributed by atoms with van der Waals surface area (Å²) in [5, 5.41) is 7.23. The highest BCUT2D eigenvalue weighted by molar-refractivity contribution is 14.1. The summed E-state index contributed by atoms with van der Waals surface area (Å²) >= 11 is 2.55. The van der Waals surface area contributed by atoms with Crippen molar-refractivity contribution in [3.05, 3.63) is 94.5 Å². The van der Waals surface area contributed by atoms with Crippen LogP contribution in [0.4, 0.5) is 0 Å². The molecule has 0 saturated carbocycles. The summed E-state index contributed by atoms with van der Waals surface area (Å²) in [5.41, 5.74) is 9.68. The van der Waals surface area contributed by atoms with Gasteiger partial charge in [0.05, 0.1) is 11.9 Å². The number of benzene rings is 2. The van der Waals surface area contributed by atoms with E-state index in [9.17, 15) is 0 Å². The molecule has 0 bridgehead atoms. The number of nitrogens with one attached hydrogen (secondary N) is 2. The molecule has 2 saturated heterocycles. The number of nitrogens with zero attached hydrogens (tertiary/aromatic N) is 1. The van der Waals surface area contributed by atoms with Gasteiger partial charge in [0.15, 0.2) is 0 Å². The molecule has 4 heteroatoms. The molecule has 0 radical (unpaired) electrons. The van der Waals surface area contributed by atoms with Gasteiger partial charge in [-0.3, -0.25) is 0 Å². The molecule has 1 unspecified atom stereocenters. The average molecular weight is 570 g/mol. The van der Waals surface area contributed by atoms with Crippen molar-refractivity contribution in [2.75, 3.05) is 13.1 Å². The average Bonchev–Trinajstić information content (AvgIpc) is 2.79. The minimum absolute atomic E-state index is 0.125. The topological polar surface area (TPSA) is 27.3 Å². The number of rotatable bonds is 6. The Bertz CT molecular complexity index is 1040. The predicted molar refractivity (Wildman–Crippen MR) is 153 cm³/mol. The van der Waals surface area contributed by atoms with Gasteiger partial charge in [0.25, 0.3) is 0 Å². The van der Waals surface area contributed by atoms with E-state index in [4.69, 9.17) is 0 Å². The molecule has 0 amide bonds. The molecule has 2 N–H and O–H groups in total. The van der Waals surface area contributed by atoms with Gasteiger partial charge in [0, 0.05) is 21.6 Å². The first kappa shape index (κ1) is 25.3. The Balaban J connectivity index is 1.58. The highest BCUT2D eigenvalue weighted by atomic mass is 127. The van der Waals surface area contributed by atoms with Gasteiger partial charge in [-0.2, -0.15) is 0 Å². The Labute approximate surface area is 220 Å². The van der Waals surface area contributed by atoms with E-state index < -0.39 is 0 Å². The first-order valence-electron chi connectivity index (χ1n) is 12.7. The Morgan fingerprint density at radius 3 is 2.50 bits per heavy atom.